The number of ketones is 1. The standard InChI is InChI=1S/C8H12O2/c9-7-5-8(10)3-1-6(7)2-4-8/h6,10H,1-5H2. The highest BCUT2D eigenvalue weighted by molar-refractivity contribution is 5.83. The molecule has 3 fully saturated rings. The van der Waals surface area contributed by atoms with E-state index in [0.29, 0.717) is 18.1 Å². The van der Waals surface area contributed by atoms with Crippen LogP contribution in [-0.4, -0.2) is 16.5 Å². The van der Waals surface area contributed by atoms with E-state index in [1.54, 1.807) is 0 Å². The maximum absolute atomic E-state index is 11.1. The molecule has 0 atom stereocenters. The van der Waals surface area contributed by atoms with Crippen LogP contribution < -0.4 is 0 Å². The molecule has 1 N–H and O–H groups in total. The van der Waals surface area contributed by atoms with Crippen LogP contribution in [0.2, 0.25) is 0 Å². The van der Waals surface area contributed by atoms with Crippen molar-refractivity contribution >= 4 is 5.78 Å². The number of Topliss-reactive ketones (excluding diaryl/α,β-unsaturated/α-hetero) is 1. The van der Waals surface area contributed by atoms with Crippen LogP contribution >= 0.6 is 0 Å². The van der Waals surface area contributed by atoms with Crippen LogP contribution in [-0.2, 0) is 4.79 Å². The third-order valence-electron chi connectivity index (χ3n) is 2.87. The first-order valence-electron chi connectivity index (χ1n) is 3.95. The van der Waals surface area contributed by atoms with Gasteiger partial charge in [0.25, 0.3) is 0 Å². The van der Waals surface area contributed by atoms with Gasteiger partial charge in [0.2, 0.25) is 0 Å². The average Bonchev–Trinajstić information content (AvgIpc) is 1.87. The molecular formula is C8H12O2. The molecule has 10 heavy (non-hydrogen) atoms. The van der Waals surface area contributed by atoms with Gasteiger partial charge in [-0.1, -0.05) is 0 Å². The fourth-order valence-electron chi connectivity index (χ4n) is 2.12. The summed E-state index contributed by atoms with van der Waals surface area (Å²) >= 11 is 0. The van der Waals surface area contributed by atoms with Crippen LogP contribution in [0.3, 0.4) is 0 Å². The minimum absolute atomic E-state index is 0.292. The number of hydrogen-bond donors (Lipinski definition) is 1. The van der Waals surface area contributed by atoms with Crippen molar-refractivity contribution in [1.82, 2.24) is 0 Å². The van der Waals surface area contributed by atoms with E-state index in [4.69, 9.17) is 0 Å². The number of aliphatic hydroxyl groups is 1. The van der Waals surface area contributed by atoms with E-state index in [2.05, 4.69) is 0 Å². The topological polar surface area (TPSA) is 37.3 Å². The Morgan fingerprint density at radius 2 is 2.00 bits per heavy atom. The monoisotopic (exact) mass is 140 g/mol. The zero-order chi connectivity index (χ0) is 7.19. The minimum atomic E-state index is -0.591. The summed E-state index contributed by atoms with van der Waals surface area (Å²) in [6.45, 7) is 0. The summed E-state index contributed by atoms with van der Waals surface area (Å²) in [4.78, 5) is 11.1. The lowest BCUT2D eigenvalue weighted by Crippen LogP contribution is -2.45. The van der Waals surface area contributed by atoms with Gasteiger partial charge in [0.1, 0.15) is 5.78 Å². The second kappa shape index (κ2) is 1.82. The Hall–Kier alpha value is -0.370. The van der Waals surface area contributed by atoms with Gasteiger partial charge in [0, 0.05) is 12.3 Å². The largest absolute Gasteiger partial charge is 0.389 e. The molecule has 0 heterocycles. The van der Waals surface area contributed by atoms with Gasteiger partial charge in [-0.25, -0.2) is 0 Å². The summed E-state index contributed by atoms with van der Waals surface area (Å²) in [5, 5.41) is 9.67. The Bertz CT molecular complexity index is 166. The third kappa shape index (κ3) is 0.788. The second-order valence-electron chi connectivity index (χ2n) is 3.64. The van der Waals surface area contributed by atoms with Crippen LogP contribution in [0.15, 0.2) is 0 Å². The quantitative estimate of drug-likeness (QED) is 0.542. The molecule has 3 saturated carbocycles. The van der Waals surface area contributed by atoms with Crippen LogP contribution in [0, 0.1) is 5.92 Å². The fourth-order valence-corrected chi connectivity index (χ4v) is 2.12. The average molecular weight is 140 g/mol. The molecule has 0 spiro atoms. The normalized spacial score (nSPS) is 46.1. The van der Waals surface area contributed by atoms with E-state index in [9.17, 15) is 9.90 Å². The molecule has 0 aromatic carbocycles. The Morgan fingerprint density at radius 1 is 1.40 bits per heavy atom. The van der Waals surface area contributed by atoms with Crippen molar-refractivity contribution in [2.24, 2.45) is 5.92 Å². The first-order valence-corrected chi connectivity index (χ1v) is 3.95. The molecule has 2 nitrogen and oxygen atoms in total. The maximum atomic E-state index is 11.1. The molecule has 3 rings (SSSR count). The number of fused-ring (bicyclic) bond motifs is 3. The highest BCUT2D eigenvalue weighted by Crippen LogP contribution is 2.41. The Labute approximate surface area is 60.2 Å². The van der Waals surface area contributed by atoms with Gasteiger partial charge < -0.3 is 5.11 Å². The predicted molar refractivity (Wildman–Crippen MR) is 36.5 cm³/mol. The van der Waals surface area contributed by atoms with E-state index in [1.807, 2.05) is 0 Å². The maximum Gasteiger partial charge on any atom is 0.138 e. The molecule has 0 aromatic heterocycles. The number of carbonyl (C=O) groups is 1. The first kappa shape index (κ1) is 6.35. The van der Waals surface area contributed by atoms with Crippen molar-refractivity contribution in [3.05, 3.63) is 0 Å². The van der Waals surface area contributed by atoms with Gasteiger partial charge >= 0.3 is 0 Å². The van der Waals surface area contributed by atoms with Crippen LogP contribution in [0.4, 0.5) is 0 Å². The first-order chi connectivity index (χ1) is 4.70. The van der Waals surface area contributed by atoms with Crippen molar-refractivity contribution in [2.45, 2.75) is 37.7 Å². The van der Waals surface area contributed by atoms with Gasteiger partial charge in [-0.05, 0) is 25.7 Å². The van der Waals surface area contributed by atoms with Crippen molar-refractivity contribution in [3.8, 4) is 0 Å². The van der Waals surface area contributed by atoms with Gasteiger partial charge in [-0.15, -0.1) is 0 Å². The van der Waals surface area contributed by atoms with Crippen molar-refractivity contribution < 1.29 is 9.90 Å². The minimum Gasteiger partial charge on any atom is -0.389 e. The van der Waals surface area contributed by atoms with Gasteiger partial charge in [-0.3, -0.25) is 4.79 Å². The molecule has 2 bridgehead atoms. The zero-order valence-electron chi connectivity index (χ0n) is 5.97. The highest BCUT2D eigenvalue weighted by atomic mass is 16.3. The second-order valence-corrected chi connectivity index (χ2v) is 3.64. The van der Waals surface area contributed by atoms with E-state index in [0.717, 1.165) is 25.7 Å². The molecule has 56 valence electrons. The molecular weight excluding hydrogens is 128 g/mol. The molecule has 0 saturated heterocycles. The van der Waals surface area contributed by atoms with Gasteiger partial charge in [-0.2, -0.15) is 0 Å². The zero-order valence-corrected chi connectivity index (χ0v) is 5.97. The third-order valence-corrected chi connectivity index (χ3v) is 2.87. The molecule has 0 radical (unpaired) electrons. The van der Waals surface area contributed by atoms with E-state index >= 15 is 0 Å². The summed E-state index contributed by atoms with van der Waals surface area (Å²) in [5.41, 5.74) is -0.591. The van der Waals surface area contributed by atoms with Crippen molar-refractivity contribution in [3.63, 3.8) is 0 Å². The number of rotatable bonds is 0. The van der Waals surface area contributed by atoms with E-state index in [1.165, 1.54) is 0 Å². The summed E-state index contributed by atoms with van der Waals surface area (Å²) in [6.07, 6.45) is 3.98. The fraction of sp³-hybridized carbons (Fsp3) is 0.875. The summed E-state index contributed by atoms with van der Waals surface area (Å²) < 4.78 is 0. The number of hydrogen-bond acceptors (Lipinski definition) is 2. The highest BCUT2D eigenvalue weighted by Gasteiger charge is 2.43. The molecule has 0 aliphatic heterocycles. The van der Waals surface area contributed by atoms with Gasteiger partial charge in [0.05, 0.1) is 5.60 Å². The van der Waals surface area contributed by atoms with Crippen molar-refractivity contribution in [2.75, 3.05) is 0 Å². The summed E-state index contributed by atoms with van der Waals surface area (Å²) in [5.74, 6) is 0.592. The summed E-state index contributed by atoms with van der Waals surface area (Å²) in [7, 11) is 0. The Balaban J connectivity index is 2.22. The van der Waals surface area contributed by atoms with Crippen molar-refractivity contribution in [1.29, 1.82) is 0 Å². The summed E-state index contributed by atoms with van der Waals surface area (Å²) in [6, 6.07) is 0. The molecule has 3 aliphatic rings. The van der Waals surface area contributed by atoms with E-state index in [-0.39, 0.29) is 0 Å². The molecule has 2 heteroatoms. The predicted octanol–water partition coefficient (Wildman–Crippen LogP) is 0.881. The van der Waals surface area contributed by atoms with Crippen LogP contribution in [0.25, 0.3) is 0 Å². The van der Waals surface area contributed by atoms with Crippen LogP contribution in [0.5, 0.6) is 0 Å². The molecule has 0 amide bonds. The molecule has 0 aromatic rings. The number of carbonyl (C=O) groups excluding carboxylic acids is 1. The molecule has 3 aliphatic carbocycles. The Morgan fingerprint density at radius 3 is 2.30 bits per heavy atom. The van der Waals surface area contributed by atoms with Gasteiger partial charge in [0.15, 0.2) is 0 Å². The Kier molecular flexibility index (Phi) is 1.15. The smallest absolute Gasteiger partial charge is 0.138 e. The SMILES string of the molecule is O=C1CC2(O)CCC1CC2. The lowest BCUT2D eigenvalue weighted by molar-refractivity contribution is -0.141. The molecule has 0 unspecified atom stereocenters. The van der Waals surface area contributed by atoms with E-state index < -0.39 is 5.60 Å². The lowest BCUT2D eigenvalue weighted by atomic mass is 9.67. The van der Waals surface area contributed by atoms with Crippen LogP contribution in [0.1, 0.15) is 32.1 Å². The lowest BCUT2D eigenvalue weighted by Gasteiger charge is -2.41.